The molecule has 1 aliphatic rings. The van der Waals surface area contributed by atoms with Crippen LogP contribution in [0.3, 0.4) is 0 Å². The van der Waals surface area contributed by atoms with E-state index in [0.717, 1.165) is 0 Å². The Morgan fingerprint density at radius 3 is 2.83 bits per heavy atom. The van der Waals surface area contributed by atoms with Gasteiger partial charge in [0.1, 0.15) is 6.29 Å². The van der Waals surface area contributed by atoms with E-state index in [0.29, 0.717) is 11.9 Å². The summed E-state index contributed by atoms with van der Waals surface area (Å²) in [6, 6.07) is 0. The standard InChI is InChI=1S/C8H9NO3/c1-6-5-9(2-3-10)8(12)4-7(6)11/h3,5H,2,4H2,1H3. The molecule has 0 aromatic heterocycles. The molecule has 12 heavy (non-hydrogen) atoms. The van der Waals surface area contributed by atoms with Crippen molar-refractivity contribution in [3.63, 3.8) is 0 Å². The summed E-state index contributed by atoms with van der Waals surface area (Å²) in [5.74, 6) is -0.472. The van der Waals surface area contributed by atoms with Gasteiger partial charge in [0.25, 0.3) is 0 Å². The minimum atomic E-state index is -0.308. The van der Waals surface area contributed by atoms with Gasteiger partial charge in [-0.05, 0) is 6.92 Å². The molecule has 0 aromatic rings. The number of carbonyl (C=O) groups excluding carboxylic acids is 3. The van der Waals surface area contributed by atoms with Crippen LogP contribution in [0.25, 0.3) is 0 Å². The van der Waals surface area contributed by atoms with Crippen molar-refractivity contribution < 1.29 is 14.4 Å². The van der Waals surface area contributed by atoms with Gasteiger partial charge in [0, 0.05) is 11.8 Å². The normalized spacial score (nSPS) is 17.8. The van der Waals surface area contributed by atoms with E-state index in [1.165, 1.54) is 11.1 Å². The molecule has 0 bridgehead atoms. The van der Waals surface area contributed by atoms with Crippen LogP contribution in [0.5, 0.6) is 0 Å². The Morgan fingerprint density at radius 1 is 1.58 bits per heavy atom. The summed E-state index contributed by atoms with van der Waals surface area (Å²) in [6.45, 7) is 1.66. The second kappa shape index (κ2) is 3.30. The Kier molecular flexibility index (Phi) is 2.38. The van der Waals surface area contributed by atoms with Crippen LogP contribution in [-0.2, 0) is 14.4 Å². The van der Waals surface area contributed by atoms with E-state index >= 15 is 0 Å². The van der Waals surface area contributed by atoms with Gasteiger partial charge >= 0.3 is 0 Å². The molecule has 0 atom stereocenters. The number of aldehydes is 1. The molecular formula is C8H9NO3. The predicted molar refractivity (Wildman–Crippen MR) is 41.2 cm³/mol. The highest BCUT2D eigenvalue weighted by Gasteiger charge is 2.22. The van der Waals surface area contributed by atoms with Gasteiger partial charge in [0.15, 0.2) is 5.78 Å². The molecule has 0 aromatic carbocycles. The van der Waals surface area contributed by atoms with Gasteiger partial charge in [0.05, 0.1) is 13.0 Å². The highest BCUT2D eigenvalue weighted by molar-refractivity contribution is 6.09. The maximum atomic E-state index is 11.0. The summed E-state index contributed by atoms with van der Waals surface area (Å²) in [5, 5.41) is 0. The second-order valence-electron chi connectivity index (χ2n) is 2.62. The quantitative estimate of drug-likeness (QED) is 0.426. The number of hydrogen-bond donors (Lipinski definition) is 0. The minimum absolute atomic E-state index is 0.0312. The van der Waals surface area contributed by atoms with E-state index in [1.54, 1.807) is 6.92 Å². The number of ketones is 1. The van der Waals surface area contributed by atoms with Crippen molar-refractivity contribution >= 4 is 18.0 Å². The van der Waals surface area contributed by atoms with Crippen LogP contribution in [0, 0.1) is 0 Å². The fourth-order valence-electron chi connectivity index (χ4n) is 0.991. The summed E-state index contributed by atoms with van der Waals surface area (Å²) in [4.78, 5) is 33.3. The molecular weight excluding hydrogens is 158 g/mol. The molecule has 1 aliphatic heterocycles. The summed E-state index contributed by atoms with van der Waals surface area (Å²) in [5.41, 5.74) is 0.524. The molecule has 0 unspecified atom stereocenters. The minimum Gasteiger partial charge on any atom is -0.311 e. The summed E-state index contributed by atoms with van der Waals surface area (Å²) < 4.78 is 0. The summed E-state index contributed by atoms with van der Waals surface area (Å²) >= 11 is 0. The molecule has 0 saturated heterocycles. The topological polar surface area (TPSA) is 54.5 Å². The van der Waals surface area contributed by atoms with Gasteiger partial charge < -0.3 is 9.69 Å². The van der Waals surface area contributed by atoms with Crippen molar-refractivity contribution in [2.75, 3.05) is 6.54 Å². The predicted octanol–water partition coefficient (Wildman–Crippen LogP) is -0.109. The van der Waals surface area contributed by atoms with Crippen LogP contribution < -0.4 is 0 Å². The Bertz CT molecular complexity index is 267. The number of rotatable bonds is 2. The van der Waals surface area contributed by atoms with Gasteiger partial charge in [-0.2, -0.15) is 0 Å². The van der Waals surface area contributed by atoms with Crippen LogP contribution in [0.2, 0.25) is 0 Å². The lowest BCUT2D eigenvalue weighted by atomic mass is 10.1. The molecule has 1 heterocycles. The molecule has 0 fully saturated rings. The first kappa shape index (κ1) is 8.64. The van der Waals surface area contributed by atoms with E-state index in [4.69, 9.17) is 0 Å². The molecule has 1 amide bonds. The third-order valence-electron chi connectivity index (χ3n) is 1.69. The van der Waals surface area contributed by atoms with Crippen molar-refractivity contribution in [2.45, 2.75) is 13.3 Å². The Hall–Kier alpha value is -1.45. The van der Waals surface area contributed by atoms with Gasteiger partial charge in [-0.1, -0.05) is 0 Å². The number of nitrogens with zero attached hydrogens (tertiary/aromatic N) is 1. The second-order valence-corrected chi connectivity index (χ2v) is 2.62. The molecule has 1 rings (SSSR count). The largest absolute Gasteiger partial charge is 0.311 e. The first-order chi connectivity index (χ1) is 5.65. The third kappa shape index (κ3) is 1.58. The van der Waals surface area contributed by atoms with Crippen molar-refractivity contribution in [2.24, 2.45) is 0 Å². The van der Waals surface area contributed by atoms with Crippen LogP contribution in [0.1, 0.15) is 13.3 Å². The number of carbonyl (C=O) groups is 3. The van der Waals surface area contributed by atoms with E-state index < -0.39 is 0 Å². The molecule has 4 nitrogen and oxygen atoms in total. The van der Waals surface area contributed by atoms with Crippen LogP contribution in [0.4, 0.5) is 0 Å². The monoisotopic (exact) mass is 167 g/mol. The molecule has 0 saturated carbocycles. The fraction of sp³-hybridized carbons (Fsp3) is 0.375. The van der Waals surface area contributed by atoms with E-state index in [2.05, 4.69) is 0 Å². The average Bonchev–Trinajstić information content (AvgIpc) is 2.01. The highest BCUT2D eigenvalue weighted by Crippen LogP contribution is 2.10. The van der Waals surface area contributed by atoms with E-state index in [-0.39, 0.29) is 24.7 Å². The molecule has 0 N–H and O–H groups in total. The van der Waals surface area contributed by atoms with Crippen LogP contribution in [0.15, 0.2) is 11.8 Å². The Morgan fingerprint density at radius 2 is 2.25 bits per heavy atom. The third-order valence-corrected chi connectivity index (χ3v) is 1.69. The first-order valence-corrected chi connectivity index (χ1v) is 3.60. The van der Waals surface area contributed by atoms with E-state index in [1.807, 2.05) is 0 Å². The van der Waals surface area contributed by atoms with Gasteiger partial charge in [0.2, 0.25) is 5.91 Å². The van der Waals surface area contributed by atoms with Crippen molar-refractivity contribution in [3.8, 4) is 0 Å². The highest BCUT2D eigenvalue weighted by atomic mass is 16.2. The maximum Gasteiger partial charge on any atom is 0.234 e. The zero-order valence-corrected chi connectivity index (χ0v) is 6.74. The summed E-state index contributed by atoms with van der Waals surface area (Å²) in [7, 11) is 0. The molecule has 64 valence electrons. The average molecular weight is 167 g/mol. The zero-order valence-electron chi connectivity index (χ0n) is 6.74. The lowest BCUT2D eigenvalue weighted by Crippen LogP contribution is -2.33. The number of allylic oxidation sites excluding steroid dienone is 1. The molecule has 0 aliphatic carbocycles. The summed E-state index contributed by atoms with van der Waals surface area (Å²) in [6.07, 6.45) is 1.94. The van der Waals surface area contributed by atoms with E-state index in [9.17, 15) is 14.4 Å². The first-order valence-electron chi connectivity index (χ1n) is 3.60. The van der Waals surface area contributed by atoms with Crippen molar-refractivity contribution in [1.29, 1.82) is 0 Å². The molecule has 0 spiro atoms. The van der Waals surface area contributed by atoms with Crippen molar-refractivity contribution in [3.05, 3.63) is 11.8 Å². The number of amides is 1. The number of Topliss-reactive ketones (excluding diaryl/α,β-unsaturated/α-hetero) is 1. The van der Waals surface area contributed by atoms with Gasteiger partial charge in [-0.25, -0.2) is 0 Å². The number of hydrogen-bond acceptors (Lipinski definition) is 3. The Balaban J connectivity index is 2.82. The molecule has 0 radical (unpaired) electrons. The SMILES string of the molecule is CC1=CN(CC=O)C(=O)CC1=O. The fourth-order valence-corrected chi connectivity index (χ4v) is 0.991. The van der Waals surface area contributed by atoms with Gasteiger partial charge in [-0.15, -0.1) is 0 Å². The zero-order chi connectivity index (χ0) is 9.14. The van der Waals surface area contributed by atoms with Crippen molar-refractivity contribution in [1.82, 2.24) is 4.90 Å². The van der Waals surface area contributed by atoms with Crippen LogP contribution >= 0.6 is 0 Å². The molecule has 4 heteroatoms. The maximum absolute atomic E-state index is 11.0. The van der Waals surface area contributed by atoms with Gasteiger partial charge in [-0.3, -0.25) is 9.59 Å². The van der Waals surface area contributed by atoms with Crippen LogP contribution in [-0.4, -0.2) is 29.4 Å². The smallest absolute Gasteiger partial charge is 0.234 e. The lowest BCUT2D eigenvalue weighted by molar-refractivity contribution is -0.135. The Labute approximate surface area is 69.8 Å². The lowest BCUT2D eigenvalue weighted by Gasteiger charge is -2.20.